The predicted molar refractivity (Wildman–Crippen MR) is 78.5 cm³/mol. The average Bonchev–Trinajstić information content (AvgIpc) is 3.02. The number of anilines is 1. The Balaban J connectivity index is 1.71. The summed E-state index contributed by atoms with van der Waals surface area (Å²) in [4.78, 5) is 0. The zero-order valence-corrected chi connectivity index (χ0v) is 12.1. The molecule has 0 radical (unpaired) electrons. The fraction of sp³-hybridized carbons (Fsp3) is 0.533. The molecule has 2 aromatic rings. The molecule has 6 heteroatoms. The highest BCUT2D eigenvalue weighted by Gasteiger charge is 2.42. The van der Waals surface area contributed by atoms with E-state index in [4.69, 9.17) is 10.5 Å². The molecule has 1 saturated heterocycles. The molecule has 21 heavy (non-hydrogen) atoms. The monoisotopic (exact) mass is 285 g/mol. The summed E-state index contributed by atoms with van der Waals surface area (Å²) in [7, 11) is 0. The minimum atomic E-state index is 0.250. The summed E-state index contributed by atoms with van der Waals surface area (Å²) in [6.07, 6.45) is 3.77. The Morgan fingerprint density at radius 3 is 2.90 bits per heavy atom. The normalized spacial score (nSPS) is 25.4. The van der Waals surface area contributed by atoms with Crippen molar-refractivity contribution in [2.75, 3.05) is 12.3 Å². The standard InChI is InChI=1S/C15H19N5O/c1-9-8-11(4-5-12(9)16)15-17-18-19-20(15)13-6-7-21-14(13)10-2-3-10/h4-5,8,10,13-14H,2-3,6-7,16H2,1H3. The first-order chi connectivity index (χ1) is 10.2. The molecule has 2 aliphatic rings. The van der Waals surface area contributed by atoms with Gasteiger partial charge in [0.2, 0.25) is 0 Å². The van der Waals surface area contributed by atoms with Crippen LogP contribution >= 0.6 is 0 Å². The average molecular weight is 285 g/mol. The molecule has 2 atom stereocenters. The van der Waals surface area contributed by atoms with Crippen molar-refractivity contribution in [1.29, 1.82) is 0 Å². The summed E-state index contributed by atoms with van der Waals surface area (Å²) < 4.78 is 7.86. The van der Waals surface area contributed by atoms with Crippen molar-refractivity contribution in [3.63, 3.8) is 0 Å². The van der Waals surface area contributed by atoms with Crippen LogP contribution in [0, 0.1) is 12.8 Å². The molecule has 0 spiro atoms. The smallest absolute Gasteiger partial charge is 0.182 e. The van der Waals surface area contributed by atoms with Gasteiger partial charge in [0.05, 0.1) is 12.1 Å². The fourth-order valence-corrected chi connectivity index (χ4v) is 3.16. The van der Waals surface area contributed by atoms with Gasteiger partial charge in [0.25, 0.3) is 0 Å². The van der Waals surface area contributed by atoms with Crippen LogP contribution in [-0.2, 0) is 4.74 Å². The maximum Gasteiger partial charge on any atom is 0.182 e. The van der Waals surface area contributed by atoms with Crippen molar-refractivity contribution in [3.8, 4) is 11.4 Å². The summed E-state index contributed by atoms with van der Waals surface area (Å²) in [6, 6.07) is 6.18. The second-order valence-electron chi connectivity index (χ2n) is 6.05. The lowest BCUT2D eigenvalue weighted by atomic mass is 10.1. The van der Waals surface area contributed by atoms with E-state index in [2.05, 4.69) is 15.5 Å². The van der Waals surface area contributed by atoms with Crippen molar-refractivity contribution in [2.24, 2.45) is 5.92 Å². The molecule has 6 nitrogen and oxygen atoms in total. The van der Waals surface area contributed by atoms with E-state index in [-0.39, 0.29) is 12.1 Å². The molecule has 1 aromatic heterocycles. The largest absolute Gasteiger partial charge is 0.399 e. The van der Waals surface area contributed by atoms with Crippen molar-refractivity contribution < 1.29 is 4.74 Å². The maximum atomic E-state index is 5.91. The van der Waals surface area contributed by atoms with Crippen LogP contribution in [0.15, 0.2) is 18.2 Å². The Morgan fingerprint density at radius 1 is 1.29 bits per heavy atom. The van der Waals surface area contributed by atoms with Gasteiger partial charge in [0.1, 0.15) is 0 Å². The lowest BCUT2D eigenvalue weighted by Crippen LogP contribution is -2.23. The van der Waals surface area contributed by atoms with E-state index in [0.29, 0.717) is 5.92 Å². The number of aromatic nitrogens is 4. The van der Waals surface area contributed by atoms with E-state index in [0.717, 1.165) is 35.7 Å². The van der Waals surface area contributed by atoms with Crippen LogP contribution in [0.4, 0.5) is 5.69 Å². The second kappa shape index (κ2) is 4.80. The molecular formula is C15H19N5O. The fourth-order valence-electron chi connectivity index (χ4n) is 3.16. The van der Waals surface area contributed by atoms with Crippen LogP contribution in [0.2, 0.25) is 0 Å². The minimum Gasteiger partial charge on any atom is -0.399 e. The number of ether oxygens (including phenoxy) is 1. The topological polar surface area (TPSA) is 78.8 Å². The predicted octanol–water partition coefficient (Wildman–Crippen LogP) is 1.97. The van der Waals surface area contributed by atoms with Crippen molar-refractivity contribution in [2.45, 2.75) is 38.3 Å². The molecule has 4 rings (SSSR count). The quantitative estimate of drug-likeness (QED) is 0.872. The van der Waals surface area contributed by atoms with Gasteiger partial charge in [-0.15, -0.1) is 5.10 Å². The van der Waals surface area contributed by atoms with E-state index in [1.165, 1.54) is 12.8 Å². The molecule has 0 bridgehead atoms. The van der Waals surface area contributed by atoms with Gasteiger partial charge in [-0.1, -0.05) is 0 Å². The van der Waals surface area contributed by atoms with Gasteiger partial charge in [0, 0.05) is 17.9 Å². The van der Waals surface area contributed by atoms with Crippen LogP contribution in [0.3, 0.4) is 0 Å². The highest BCUT2D eigenvalue weighted by Crippen LogP contribution is 2.43. The lowest BCUT2D eigenvalue weighted by molar-refractivity contribution is 0.0725. The van der Waals surface area contributed by atoms with Crippen LogP contribution in [-0.4, -0.2) is 32.9 Å². The molecule has 1 aliphatic heterocycles. The Kier molecular flexibility index (Phi) is 2.92. The first-order valence-corrected chi connectivity index (χ1v) is 7.50. The maximum absolute atomic E-state index is 5.91. The number of hydrogen-bond acceptors (Lipinski definition) is 5. The summed E-state index contributed by atoms with van der Waals surface area (Å²) in [5.74, 6) is 1.49. The third kappa shape index (κ3) is 2.19. The van der Waals surface area contributed by atoms with Crippen LogP contribution < -0.4 is 5.73 Å². The van der Waals surface area contributed by atoms with Crippen LogP contribution in [0.5, 0.6) is 0 Å². The Hall–Kier alpha value is -1.95. The summed E-state index contributed by atoms with van der Waals surface area (Å²) in [5, 5.41) is 12.3. The van der Waals surface area contributed by atoms with Gasteiger partial charge < -0.3 is 10.5 Å². The number of hydrogen-bond donors (Lipinski definition) is 1. The van der Waals surface area contributed by atoms with Gasteiger partial charge >= 0.3 is 0 Å². The number of nitrogens with zero attached hydrogens (tertiary/aromatic N) is 4. The van der Waals surface area contributed by atoms with Gasteiger partial charge in [-0.3, -0.25) is 0 Å². The van der Waals surface area contributed by atoms with Crippen molar-refractivity contribution >= 4 is 5.69 Å². The number of tetrazole rings is 1. The molecule has 2 heterocycles. The molecule has 1 aromatic carbocycles. The molecule has 2 fully saturated rings. The SMILES string of the molecule is Cc1cc(-c2nnnn2C2CCOC2C2CC2)ccc1N. The molecule has 2 unspecified atom stereocenters. The first-order valence-electron chi connectivity index (χ1n) is 7.50. The molecule has 2 N–H and O–H groups in total. The number of rotatable bonds is 3. The van der Waals surface area contributed by atoms with E-state index in [1.807, 2.05) is 29.8 Å². The van der Waals surface area contributed by atoms with E-state index >= 15 is 0 Å². The zero-order chi connectivity index (χ0) is 14.4. The first kappa shape index (κ1) is 12.8. The van der Waals surface area contributed by atoms with E-state index in [9.17, 15) is 0 Å². The summed E-state index contributed by atoms with van der Waals surface area (Å²) in [5.41, 5.74) is 8.74. The summed E-state index contributed by atoms with van der Waals surface area (Å²) in [6.45, 7) is 2.80. The van der Waals surface area contributed by atoms with Gasteiger partial charge in [-0.25, -0.2) is 4.68 Å². The molecule has 110 valence electrons. The highest BCUT2D eigenvalue weighted by molar-refractivity contribution is 5.61. The highest BCUT2D eigenvalue weighted by atomic mass is 16.5. The molecule has 0 amide bonds. The van der Waals surface area contributed by atoms with Crippen molar-refractivity contribution in [1.82, 2.24) is 20.2 Å². The molecule has 1 aliphatic carbocycles. The zero-order valence-electron chi connectivity index (χ0n) is 12.1. The summed E-state index contributed by atoms with van der Waals surface area (Å²) >= 11 is 0. The molecule has 1 saturated carbocycles. The Morgan fingerprint density at radius 2 is 2.14 bits per heavy atom. The lowest BCUT2D eigenvalue weighted by Gasteiger charge is -2.19. The molecular weight excluding hydrogens is 266 g/mol. The van der Waals surface area contributed by atoms with Crippen LogP contribution in [0.25, 0.3) is 11.4 Å². The van der Waals surface area contributed by atoms with E-state index in [1.54, 1.807) is 0 Å². The van der Waals surface area contributed by atoms with E-state index < -0.39 is 0 Å². The number of nitrogens with two attached hydrogens (primary N) is 1. The Bertz CT molecular complexity index is 664. The Labute approximate surface area is 123 Å². The number of nitrogen functional groups attached to an aromatic ring is 1. The van der Waals surface area contributed by atoms with Crippen molar-refractivity contribution in [3.05, 3.63) is 23.8 Å². The van der Waals surface area contributed by atoms with Crippen LogP contribution in [0.1, 0.15) is 30.9 Å². The van der Waals surface area contributed by atoms with Gasteiger partial charge in [0.15, 0.2) is 5.82 Å². The second-order valence-corrected chi connectivity index (χ2v) is 6.05. The van der Waals surface area contributed by atoms with Gasteiger partial charge in [-0.05, 0) is 66.3 Å². The minimum absolute atomic E-state index is 0.250. The van der Waals surface area contributed by atoms with Gasteiger partial charge in [-0.2, -0.15) is 0 Å². The third-order valence-electron chi connectivity index (χ3n) is 4.52. The number of benzene rings is 1. The number of aryl methyl sites for hydroxylation is 1. The third-order valence-corrected chi connectivity index (χ3v) is 4.52.